The van der Waals surface area contributed by atoms with Crippen molar-refractivity contribution in [3.05, 3.63) is 35.9 Å². The molecule has 0 aliphatic heterocycles. The van der Waals surface area contributed by atoms with Crippen molar-refractivity contribution in [2.24, 2.45) is 0 Å². The van der Waals surface area contributed by atoms with Crippen LogP contribution in [-0.4, -0.2) is 19.5 Å². The molecule has 0 atom stereocenters. The minimum absolute atomic E-state index is 0. The number of unbranched alkanes of at least 4 members (excludes halogenated alkanes) is 4. The third kappa shape index (κ3) is 9.62. The van der Waals surface area contributed by atoms with Gasteiger partial charge >= 0.3 is 0 Å². The lowest BCUT2D eigenvalue weighted by atomic mass is 10.1. The first-order valence-corrected chi connectivity index (χ1v) is 8.90. The zero-order chi connectivity index (χ0) is 11.6. The smallest absolute Gasteiger partial charge is 0.0279 e. The molecule has 0 aliphatic carbocycles. The zero-order valence-corrected chi connectivity index (χ0v) is 12.9. The average molecular weight is 273 g/mol. The molecular weight excluding hydrogens is 247 g/mol. The molecule has 0 aromatic heterocycles. The van der Waals surface area contributed by atoms with Gasteiger partial charge in [0.05, 0.1) is 0 Å². The second kappa shape index (κ2) is 11.1. The van der Waals surface area contributed by atoms with Crippen molar-refractivity contribution in [1.82, 2.24) is 0 Å². The Morgan fingerprint density at radius 3 is 2.06 bits per heavy atom. The Morgan fingerprint density at radius 1 is 0.824 bits per heavy atom. The monoisotopic (exact) mass is 272 g/mol. The average Bonchev–Trinajstić information content (AvgIpc) is 2.29. The van der Waals surface area contributed by atoms with Crippen molar-refractivity contribution in [3.63, 3.8) is 0 Å². The van der Waals surface area contributed by atoms with E-state index in [0.29, 0.717) is 7.92 Å². The SMILES string of the molecule is CP(C)CCCCCCCc1ccccc1.Cl. The largest absolute Gasteiger partial charge is 0.147 e. The van der Waals surface area contributed by atoms with Crippen molar-refractivity contribution in [2.45, 2.75) is 38.5 Å². The molecule has 1 aromatic rings. The van der Waals surface area contributed by atoms with Crippen LogP contribution < -0.4 is 0 Å². The maximum atomic E-state index is 2.38. The Kier molecular flexibility index (Phi) is 11.0. The van der Waals surface area contributed by atoms with E-state index >= 15 is 0 Å². The molecule has 1 aromatic carbocycles. The van der Waals surface area contributed by atoms with Crippen LogP contribution in [0, 0.1) is 0 Å². The molecule has 0 nitrogen and oxygen atoms in total. The first-order valence-electron chi connectivity index (χ1n) is 6.47. The first kappa shape index (κ1) is 16.9. The molecule has 0 fully saturated rings. The van der Waals surface area contributed by atoms with E-state index in [1.165, 1.54) is 50.3 Å². The van der Waals surface area contributed by atoms with Gasteiger partial charge in [-0.3, -0.25) is 0 Å². The highest BCUT2D eigenvalue weighted by Crippen LogP contribution is 2.26. The van der Waals surface area contributed by atoms with Gasteiger partial charge < -0.3 is 0 Å². The lowest BCUT2D eigenvalue weighted by Crippen LogP contribution is -1.87. The summed E-state index contributed by atoms with van der Waals surface area (Å²) in [7, 11) is 0.339. The third-order valence-corrected chi connectivity index (χ3v) is 4.12. The summed E-state index contributed by atoms with van der Waals surface area (Å²) < 4.78 is 0. The topological polar surface area (TPSA) is 0 Å². The molecule has 0 unspecified atom stereocenters. The van der Waals surface area contributed by atoms with Gasteiger partial charge in [0.15, 0.2) is 0 Å². The molecule has 17 heavy (non-hydrogen) atoms. The lowest BCUT2D eigenvalue weighted by molar-refractivity contribution is 0.634. The van der Waals surface area contributed by atoms with Crippen molar-refractivity contribution < 1.29 is 0 Å². The molecule has 1 rings (SSSR count). The lowest BCUT2D eigenvalue weighted by Gasteiger charge is -2.05. The fourth-order valence-corrected chi connectivity index (χ4v) is 2.79. The van der Waals surface area contributed by atoms with Gasteiger partial charge in [0, 0.05) is 0 Å². The zero-order valence-electron chi connectivity index (χ0n) is 11.2. The highest BCUT2D eigenvalue weighted by atomic mass is 35.5. The van der Waals surface area contributed by atoms with E-state index < -0.39 is 0 Å². The van der Waals surface area contributed by atoms with Crippen LogP contribution >= 0.6 is 20.3 Å². The van der Waals surface area contributed by atoms with E-state index in [2.05, 4.69) is 43.7 Å². The van der Waals surface area contributed by atoms with Crippen LogP contribution in [0.2, 0.25) is 0 Å². The molecule has 98 valence electrons. The van der Waals surface area contributed by atoms with Crippen LogP contribution in [0.15, 0.2) is 30.3 Å². The normalized spacial score (nSPS) is 10.3. The Bertz CT molecular complexity index is 259. The summed E-state index contributed by atoms with van der Waals surface area (Å²) in [6.07, 6.45) is 9.80. The second-order valence-corrected chi connectivity index (χ2v) is 7.41. The summed E-state index contributed by atoms with van der Waals surface area (Å²) in [5.41, 5.74) is 1.49. The predicted octanol–water partition coefficient (Wildman–Crippen LogP) is 5.34. The van der Waals surface area contributed by atoms with Gasteiger partial charge in [0.25, 0.3) is 0 Å². The number of hydrogen-bond donors (Lipinski definition) is 0. The van der Waals surface area contributed by atoms with Gasteiger partial charge in [-0.1, -0.05) is 49.6 Å². The summed E-state index contributed by atoms with van der Waals surface area (Å²) >= 11 is 0. The van der Waals surface area contributed by atoms with Crippen LogP contribution in [0.5, 0.6) is 0 Å². The quantitative estimate of drug-likeness (QED) is 0.442. The maximum absolute atomic E-state index is 2.38. The van der Waals surface area contributed by atoms with Gasteiger partial charge in [-0.2, -0.15) is 0 Å². The van der Waals surface area contributed by atoms with Crippen LogP contribution in [0.3, 0.4) is 0 Å². The Hall–Kier alpha value is -0.0600. The van der Waals surface area contributed by atoms with E-state index in [-0.39, 0.29) is 12.4 Å². The number of aryl methyl sites for hydroxylation is 1. The standard InChI is InChI=1S/C15H25P.ClH/c1-16(2)14-10-5-3-4-7-11-15-12-8-6-9-13-15;/h6,8-9,12-13H,3-5,7,10-11,14H2,1-2H3;1H. The number of benzene rings is 1. The van der Waals surface area contributed by atoms with Crippen molar-refractivity contribution in [3.8, 4) is 0 Å². The van der Waals surface area contributed by atoms with Crippen molar-refractivity contribution in [2.75, 3.05) is 19.5 Å². The van der Waals surface area contributed by atoms with Crippen LogP contribution in [0.25, 0.3) is 0 Å². The summed E-state index contributed by atoms with van der Waals surface area (Å²) in [6.45, 7) is 4.76. The van der Waals surface area contributed by atoms with Gasteiger partial charge in [0.1, 0.15) is 0 Å². The number of rotatable bonds is 8. The molecule has 0 radical (unpaired) electrons. The Balaban J connectivity index is 0.00000256. The molecule has 0 aliphatic rings. The van der Waals surface area contributed by atoms with Gasteiger partial charge in [-0.25, -0.2) is 0 Å². The highest BCUT2D eigenvalue weighted by molar-refractivity contribution is 7.55. The van der Waals surface area contributed by atoms with Gasteiger partial charge in [0.2, 0.25) is 0 Å². The molecule has 0 saturated heterocycles. The minimum atomic E-state index is 0. The minimum Gasteiger partial charge on any atom is -0.147 e. The van der Waals surface area contributed by atoms with E-state index in [9.17, 15) is 0 Å². The Morgan fingerprint density at radius 2 is 1.41 bits per heavy atom. The van der Waals surface area contributed by atoms with Crippen molar-refractivity contribution >= 4 is 20.3 Å². The van der Waals surface area contributed by atoms with Crippen molar-refractivity contribution in [1.29, 1.82) is 0 Å². The highest BCUT2D eigenvalue weighted by Gasteiger charge is 1.95. The molecule has 0 heterocycles. The van der Waals surface area contributed by atoms with E-state index in [4.69, 9.17) is 0 Å². The third-order valence-electron chi connectivity index (χ3n) is 2.91. The first-order chi connectivity index (χ1) is 7.79. The van der Waals surface area contributed by atoms with Crippen LogP contribution in [-0.2, 0) is 6.42 Å². The molecule has 0 bridgehead atoms. The molecule has 2 heteroatoms. The summed E-state index contributed by atoms with van der Waals surface area (Å²) in [6, 6.07) is 10.8. The van der Waals surface area contributed by atoms with E-state index in [1.807, 2.05) is 0 Å². The molecule has 0 saturated carbocycles. The molecular formula is C15H26ClP. The van der Waals surface area contributed by atoms with E-state index in [0.717, 1.165) is 0 Å². The molecule has 0 N–H and O–H groups in total. The number of halogens is 1. The van der Waals surface area contributed by atoms with E-state index in [1.54, 1.807) is 0 Å². The fraction of sp³-hybridized carbons (Fsp3) is 0.600. The molecule has 0 amide bonds. The number of hydrogen-bond acceptors (Lipinski definition) is 0. The maximum Gasteiger partial charge on any atom is -0.0279 e. The summed E-state index contributed by atoms with van der Waals surface area (Å²) in [5, 5.41) is 0. The van der Waals surface area contributed by atoms with Crippen LogP contribution in [0.4, 0.5) is 0 Å². The summed E-state index contributed by atoms with van der Waals surface area (Å²) in [5.74, 6) is 0. The van der Waals surface area contributed by atoms with Gasteiger partial charge in [-0.05, 0) is 44.3 Å². The van der Waals surface area contributed by atoms with Crippen LogP contribution in [0.1, 0.15) is 37.7 Å². The second-order valence-electron chi connectivity index (χ2n) is 4.81. The fourth-order valence-electron chi connectivity index (χ4n) is 1.93. The Labute approximate surface area is 114 Å². The summed E-state index contributed by atoms with van der Waals surface area (Å²) in [4.78, 5) is 0. The molecule has 0 spiro atoms. The van der Waals surface area contributed by atoms with Gasteiger partial charge in [-0.15, -0.1) is 20.3 Å². The predicted molar refractivity (Wildman–Crippen MR) is 84.1 cm³/mol.